The lowest BCUT2D eigenvalue weighted by molar-refractivity contribution is 0.533. The largest absolute Gasteiger partial charge is 0.356 e. The highest BCUT2D eigenvalue weighted by atomic mass is 16.1. The zero-order chi connectivity index (χ0) is 17.8. The van der Waals surface area contributed by atoms with Gasteiger partial charge in [-0.1, -0.05) is 0 Å². The van der Waals surface area contributed by atoms with Crippen LogP contribution in [0.5, 0.6) is 0 Å². The van der Waals surface area contributed by atoms with Crippen molar-refractivity contribution in [3.05, 3.63) is 40.3 Å². The summed E-state index contributed by atoms with van der Waals surface area (Å²) in [6.07, 6.45) is 7.50. The lowest BCUT2D eigenvalue weighted by Gasteiger charge is -2.24. The molecule has 0 spiro atoms. The number of hydrogen-bond acceptors (Lipinski definition) is 6. The summed E-state index contributed by atoms with van der Waals surface area (Å²) in [5.74, 6) is 2.81. The summed E-state index contributed by atoms with van der Waals surface area (Å²) in [6.45, 7) is 7.91. The van der Waals surface area contributed by atoms with Crippen LogP contribution in [-0.4, -0.2) is 45.7 Å². The molecule has 2 aromatic rings. The number of anilines is 2. The van der Waals surface area contributed by atoms with Gasteiger partial charge in [-0.25, -0.2) is 15.0 Å². The Balaban J connectivity index is 1.34. The maximum Gasteiger partial charge on any atom is 0.293 e. The fourth-order valence-electron chi connectivity index (χ4n) is 4.45. The van der Waals surface area contributed by atoms with Crippen molar-refractivity contribution in [2.24, 2.45) is 11.8 Å². The van der Waals surface area contributed by atoms with Gasteiger partial charge in [0.2, 0.25) is 0 Å². The predicted molar refractivity (Wildman–Crippen MR) is 99.7 cm³/mol. The molecule has 1 saturated carbocycles. The van der Waals surface area contributed by atoms with E-state index in [0.717, 1.165) is 50.5 Å². The minimum atomic E-state index is 0.0779. The minimum Gasteiger partial charge on any atom is -0.356 e. The number of fused-ring (bicyclic) bond motifs is 1. The van der Waals surface area contributed by atoms with Crippen molar-refractivity contribution in [2.75, 3.05) is 36.0 Å². The van der Waals surface area contributed by atoms with Gasteiger partial charge in [0.1, 0.15) is 12.1 Å². The van der Waals surface area contributed by atoms with Crippen molar-refractivity contribution in [3.63, 3.8) is 0 Å². The van der Waals surface area contributed by atoms with Gasteiger partial charge in [0.15, 0.2) is 5.82 Å². The predicted octanol–water partition coefficient (Wildman–Crippen LogP) is 1.56. The molecule has 0 bridgehead atoms. The minimum absolute atomic E-state index is 0.0779. The SMILES string of the molecule is Cc1ncnc(N2CC3CN(c4nccn(C5CC5)c4=O)CC3C2)c1C. The molecule has 2 saturated heterocycles. The van der Waals surface area contributed by atoms with Crippen molar-refractivity contribution in [2.45, 2.75) is 32.7 Å². The van der Waals surface area contributed by atoms with Gasteiger partial charge in [0.25, 0.3) is 5.56 Å². The fraction of sp³-hybridized carbons (Fsp3) is 0.579. The van der Waals surface area contributed by atoms with E-state index in [-0.39, 0.29) is 5.56 Å². The lowest BCUT2D eigenvalue weighted by atomic mass is 10.0. The molecule has 2 aromatic heterocycles. The quantitative estimate of drug-likeness (QED) is 0.835. The number of aromatic nitrogens is 4. The van der Waals surface area contributed by atoms with Crippen LogP contribution >= 0.6 is 0 Å². The monoisotopic (exact) mass is 352 g/mol. The van der Waals surface area contributed by atoms with E-state index >= 15 is 0 Å². The van der Waals surface area contributed by atoms with Crippen molar-refractivity contribution in [3.8, 4) is 0 Å². The molecule has 136 valence electrons. The molecule has 7 heteroatoms. The molecule has 0 radical (unpaired) electrons. The van der Waals surface area contributed by atoms with Gasteiger partial charge in [0.05, 0.1) is 0 Å². The Bertz CT molecular complexity index is 891. The first-order valence-corrected chi connectivity index (χ1v) is 9.47. The molecule has 1 aliphatic carbocycles. The van der Waals surface area contributed by atoms with E-state index in [1.807, 2.05) is 17.7 Å². The lowest BCUT2D eigenvalue weighted by Crippen LogP contribution is -2.35. The molecule has 0 aromatic carbocycles. The first kappa shape index (κ1) is 15.8. The van der Waals surface area contributed by atoms with Crippen molar-refractivity contribution in [1.29, 1.82) is 0 Å². The first-order chi connectivity index (χ1) is 12.6. The Labute approximate surface area is 152 Å². The van der Waals surface area contributed by atoms with Gasteiger partial charge >= 0.3 is 0 Å². The Kier molecular flexibility index (Phi) is 3.52. The molecule has 3 fully saturated rings. The molecule has 2 aliphatic heterocycles. The van der Waals surface area contributed by atoms with Crippen LogP contribution in [0, 0.1) is 25.7 Å². The fourth-order valence-corrected chi connectivity index (χ4v) is 4.45. The van der Waals surface area contributed by atoms with Gasteiger partial charge in [-0.3, -0.25) is 4.79 Å². The number of nitrogens with zero attached hydrogens (tertiary/aromatic N) is 6. The summed E-state index contributed by atoms with van der Waals surface area (Å²) in [6, 6.07) is 0.394. The van der Waals surface area contributed by atoms with E-state index in [0.29, 0.717) is 23.7 Å². The van der Waals surface area contributed by atoms with E-state index in [1.165, 1.54) is 5.56 Å². The molecule has 7 nitrogen and oxygen atoms in total. The molecular weight excluding hydrogens is 328 g/mol. The van der Waals surface area contributed by atoms with E-state index in [2.05, 4.69) is 31.7 Å². The third-order valence-corrected chi connectivity index (χ3v) is 6.18. The van der Waals surface area contributed by atoms with Gasteiger partial charge in [-0.15, -0.1) is 0 Å². The van der Waals surface area contributed by atoms with Gasteiger partial charge in [-0.2, -0.15) is 0 Å². The number of rotatable bonds is 3. The van der Waals surface area contributed by atoms with Gasteiger partial charge in [0, 0.05) is 67.7 Å². The van der Waals surface area contributed by atoms with Crippen LogP contribution in [0.4, 0.5) is 11.6 Å². The molecule has 0 amide bonds. The van der Waals surface area contributed by atoms with E-state index in [4.69, 9.17) is 0 Å². The Morgan fingerprint density at radius 2 is 1.58 bits per heavy atom. The first-order valence-electron chi connectivity index (χ1n) is 9.47. The van der Waals surface area contributed by atoms with Crippen molar-refractivity contribution >= 4 is 11.6 Å². The zero-order valence-corrected chi connectivity index (χ0v) is 15.3. The molecule has 5 rings (SSSR count). The second-order valence-corrected chi connectivity index (χ2v) is 7.93. The van der Waals surface area contributed by atoms with Crippen molar-refractivity contribution < 1.29 is 0 Å². The Morgan fingerprint density at radius 3 is 2.23 bits per heavy atom. The van der Waals surface area contributed by atoms with Crippen molar-refractivity contribution in [1.82, 2.24) is 19.5 Å². The van der Waals surface area contributed by atoms with Crippen LogP contribution in [0.3, 0.4) is 0 Å². The van der Waals surface area contributed by atoms with Crippen LogP contribution in [0.25, 0.3) is 0 Å². The van der Waals surface area contributed by atoms with Gasteiger partial charge in [-0.05, 0) is 26.7 Å². The standard InChI is InChI=1S/C19H24N6O/c1-12-13(2)21-11-22-17(12)23-7-14-9-24(10-15(14)8-23)18-19(26)25(6-5-20-18)16-3-4-16/h5-6,11,14-16H,3-4,7-10H2,1-2H3. The number of hydrogen-bond donors (Lipinski definition) is 0. The average Bonchev–Trinajstić information content (AvgIpc) is 3.27. The summed E-state index contributed by atoms with van der Waals surface area (Å²) >= 11 is 0. The van der Waals surface area contributed by atoms with Crippen LogP contribution in [0.1, 0.15) is 30.1 Å². The Morgan fingerprint density at radius 1 is 0.923 bits per heavy atom. The number of aryl methyl sites for hydroxylation is 1. The normalized spacial score (nSPS) is 25.0. The summed E-state index contributed by atoms with van der Waals surface area (Å²) in [4.78, 5) is 30.6. The molecule has 2 atom stereocenters. The van der Waals surface area contributed by atoms with E-state index < -0.39 is 0 Å². The topological polar surface area (TPSA) is 67.2 Å². The highest BCUT2D eigenvalue weighted by molar-refractivity contribution is 5.50. The second kappa shape index (κ2) is 5.79. The highest BCUT2D eigenvalue weighted by Gasteiger charge is 2.42. The molecular formula is C19H24N6O. The third-order valence-electron chi connectivity index (χ3n) is 6.18. The summed E-state index contributed by atoms with van der Waals surface area (Å²) in [7, 11) is 0. The maximum absolute atomic E-state index is 12.8. The summed E-state index contributed by atoms with van der Waals surface area (Å²) < 4.78 is 1.87. The molecule has 4 heterocycles. The summed E-state index contributed by atoms with van der Waals surface area (Å²) in [5.41, 5.74) is 2.29. The van der Waals surface area contributed by atoms with E-state index in [9.17, 15) is 4.79 Å². The third kappa shape index (κ3) is 2.48. The molecule has 2 unspecified atom stereocenters. The molecule has 26 heavy (non-hydrogen) atoms. The summed E-state index contributed by atoms with van der Waals surface area (Å²) in [5, 5.41) is 0. The smallest absolute Gasteiger partial charge is 0.293 e. The van der Waals surface area contributed by atoms with Crippen LogP contribution in [0.15, 0.2) is 23.5 Å². The molecule has 3 aliphatic rings. The highest BCUT2D eigenvalue weighted by Crippen LogP contribution is 2.36. The zero-order valence-electron chi connectivity index (χ0n) is 15.3. The maximum atomic E-state index is 12.8. The molecule has 0 N–H and O–H groups in total. The second-order valence-electron chi connectivity index (χ2n) is 7.93. The Hall–Kier alpha value is -2.44. The van der Waals surface area contributed by atoms with Crippen LogP contribution < -0.4 is 15.4 Å². The van der Waals surface area contributed by atoms with Crippen LogP contribution in [0.2, 0.25) is 0 Å². The van der Waals surface area contributed by atoms with Gasteiger partial charge < -0.3 is 14.4 Å². The van der Waals surface area contributed by atoms with E-state index in [1.54, 1.807) is 12.5 Å². The van der Waals surface area contributed by atoms with Crippen LogP contribution in [-0.2, 0) is 0 Å². The average molecular weight is 352 g/mol.